The molecule has 1 fully saturated rings. The van der Waals surface area contributed by atoms with Crippen LogP contribution in [-0.4, -0.2) is 35.2 Å². The number of carbonyl (C=O) groups is 1. The van der Waals surface area contributed by atoms with E-state index in [1.54, 1.807) is 0 Å². The van der Waals surface area contributed by atoms with Crippen molar-refractivity contribution in [2.24, 2.45) is 5.73 Å². The molecule has 0 bridgehead atoms. The number of nitrogens with zero attached hydrogens (tertiary/aromatic N) is 1. The second-order valence-electron chi connectivity index (χ2n) is 5.78. The maximum atomic E-state index is 11.1. The molecule has 1 aliphatic heterocycles. The number of rotatable bonds is 2. The van der Waals surface area contributed by atoms with Crippen LogP contribution in [0.15, 0.2) is 54.6 Å². The fraction of sp³-hybridized carbons (Fsp3) is 0.278. The molecule has 22 heavy (non-hydrogen) atoms. The van der Waals surface area contributed by atoms with Gasteiger partial charge in [-0.05, 0) is 23.1 Å². The van der Waals surface area contributed by atoms with Gasteiger partial charge in [-0.3, -0.25) is 0 Å². The molecule has 2 aromatic carbocycles. The van der Waals surface area contributed by atoms with Crippen molar-refractivity contribution in [1.82, 2.24) is 4.90 Å². The van der Waals surface area contributed by atoms with Crippen LogP contribution in [0.1, 0.15) is 17.9 Å². The lowest BCUT2D eigenvalue weighted by Crippen LogP contribution is -2.49. The molecule has 1 amide bonds. The summed E-state index contributed by atoms with van der Waals surface area (Å²) in [7, 11) is 0. The van der Waals surface area contributed by atoms with E-state index in [1.165, 1.54) is 21.6 Å². The SMILES string of the molecule is N[C@H]1CN(C(=O)O)CC[C@@H]1c1cccc(-c2ccccc2)c1. The Balaban J connectivity index is 1.83. The standard InChI is InChI=1S/C18H20N2O2/c19-17-12-20(18(21)22)10-9-16(17)15-8-4-7-14(11-15)13-5-2-1-3-6-13/h1-8,11,16-17H,9-10,12,19H2,(H,21,22)/t16-,17+/m1/s1. The normalized spacial score (nSPS) is 21.6. The second kappa shape index (κ2) is 6.20. The van der Waals surface area contributed by atoms with E-state index in [2.05, 4.69) is 30.3 Å². The largest absolute Gasteiger partial charge is 0.465 e. The highest BCUT2D eigenvalue weighted by Crippen LogP contribution is 2.30. The molecule has 0 unspecified atom stereocenters. The first-order valence-corrected chi connectivity index (χ1v) is 7.54. The van der Waals surface area contributed by atoms with Crippen molar-refractivity contribution in [3.63, 3.8) is 0 Å². The predicted octanol–water partition coefficient (Wildman–Crippen LogP) is 3.15. The predicted molar refractivity (Wildman–Crippen MR) is 86.8 cm³/mol. The molecule has 0 spiro atoms. The number of carboxylic acid groups (broad SMARTS) is 1. The zero-order valence-corrected chi connectivity index (χ0v) is 12.4. The number of benzene rings is 2. The molecule has 1 aliphatic rings. The van der Waals surface area contributed by atoms with Gasteiger partial charge in [0, 0.05) is 25.0 Å². The molecule has 2 atom stereocenters. The Morgan fingerprint density at radius 1 is 1.09 bits per heavy atom. The Hall–Kier alpha value is -2.33. The summed E-state index contributed by atoms with van der Waals surface area (Å²) in [5.74, 6) is 0.208. The van der Waals surface area contributed by atoms with Crippen LogP contribution in [0.4, 0.5) is 4.79 Å². The Morgan fingerprint density at radius 2 is 1.82 bits per heavy atom. The Morgan fingerprint density at radius 3 is 2.50 bits per heavy atom. The Bertz CT molecular complexity index is 657. The van der Waals surface area contributed by atoms with E-state index in [0.717, 1.165) is 6.42 Å². The summed E-state index contributed by atoms with van der Waals surface area (Å²) in [5.41, 5.74) is 9.77. The van der Waals surface area contributed by atoms with Crippen LogP contribution in [0.3, 0.4) is 0 Å². The number of amides is 1. The summed E-state index contributed by atoms with van der Waals surface area (Å²) in [6, 6.07) is 18.5. The third-order valence-electron chi connectivity index (χ3n) is 4.35. The number of nitrogens with two attached hydrogens (primary N) is 1. The molecule has 0 aromatic heterocycles. The van der Waals surface area contributed by atoms with Crippen LogP contribution < -0.4 is 5.73 Å². The molecular weight excluding hydrogens is 276 g/mol. The van der Waals surface area contributed by atoms with Crippen molar-refractivity contribution in [3.05, 3.63) is 60.2 Å². The van der Waals surface area contributed by atoms with Crippen molar-refractivity contribution in [2.45, 2.75) is 18.4 Å². The molecule has 114 valence electrons. The lowest BCUT2D eigenvalue weighted by Gasteiger charge is -2.35. The second-order valence-corrected chi connectivity index (χ2v) is 5.78. The smallest absolute Gasteiger partial charge is 0.407 e. The van der Waals surface area contributed by atoms with Gasteiger partial charge in [0.05, 0.1) is 0 Å². The highest BCUT2D eigenvalue weighted by Gasteiger charge is 2.30. The van der Waals surface area contributed by atoms with Gasteiger partial charge in [-0.1, -0.05) is 54.6 Å². The molecule has 0 saturated carbocycles. The van der Waals surface area contributed by atoms with Crippen LogP contribution in [-0.2, 0) is 0 Å². The van der Waals surface area contributed by atoms with Gasteiger partial charge in [-0.25, -0.2) is 4.79 Å². The minimum absolute atomic E-state index is 0.157. The zero-order valence-electron chi connectivity index (χ0n) is 12.4. The van der Waals surface area contributed by atoms with Crippen LogP contribution in [0.5, 0.6) is 0 Å². The average molecular weight is 296 g/mol. The van der Waals surface area contributed by atoms with Gasteiger partial charge in [-0.15, -0.1) is 0 Å². The molecule has 4 heteroatoms. The highest BCUT2D eigenvalue weighted by molar-refractivity contribution is 5.66. The van der Waals surface area contributed by atoms with E-state index in [0.29, 0.717) is 13.1 Å². The molecule has 2 aromatic rings. The summed E-state index contributed by atoms with van der Waals surface area (Å²) < 4.78 is 0. The fourth-order valence-corrected chi connectivity index (χ4v) is 3.15. The highest BCUT2D eigenvalue weighted by atomic mass is 16.4. The van der Waals surface area contributed by atoms with Gasteiger partial charge in [0.25, 0.3) is 0 Å². The molecule has 3 rings (SSSR count). The summed E-state index contributed by atoms with van der Waals surface area (Å²) in [5, 5.41) is 9.08. The first kappa shape index (κ1) is 14.6. The van der Waals surface area contributed by atoms with Gasteiger partial charge < -0.3 is 15.7 Å². The number of hydrogen-bond donors (Lipinski definition) is 2. The van der Waals surface area contributed by atoms with Crippen LogP contribution in [0.25, 0.3) is 11.1 Å². The van der Waals surface area contributed by atoms with E-state index < -0.39 is 6.09 Å². The summed E-state index contributed by atoms with van der Waals surface area (Å²) in [6.07, 6.45) is -0.113. The van der Waals surface area contributed by atoms with Gasteiger partial charge in [-0.2, -0.15) is 0 Å². The Labute approximate surface area is 130 Å². The van der Waals surface area contributed by atoms with Crippen molar-refractivity contribution in [2.75, 3.05) is 13.1 Å². The average Bonchev–Trinajstić information content (AvgIpc) is 2.55. The third kappa shape index (κ3) is 2.97. The van der Waals surface area contributed by atoms with Crippen LogP contribution in [0, 0.1) is 0 Å². The minimum Gasteiger partial charge on any atom is -0.465 e. The van der Waals surface area contributed by atoms with Crippen molar-refractivity contribution >= 4 is 6.09 Å². The maximum absolute atomic E-state index is 11.1. The van der Waals surface area contributed by atoms with Crippen molar-refractivity contribution in [3.8, 4) is 11.1 Å². The minimum atomic E-state index is -0.882. The number of likely N-dealkylation sites (tertiary alicyclic amines) is 1. The summed E-state index contributed by atoms with van der Waals surface area (Å²) >= 11 is 0. The van der Waals surface area contributed by atoms with Gasteiger partial charge in [0.2, 0.25) is 0 Å². The monoisotopic (exact) mass is 296 g/mol. The summed E-state index contributed by atoms with van der Waals surface area (Å²) in [6.45, 7) is 0.943. The van der Waals surface area contributed by atoms with Gasteiger partial charge in [0.15, 0.2) is 0 Å². The zero-order chi connectivity index (χ0) is 15.5. The van der Waals surface area contributed by atoms with E-state index in [-0.39, 0.29) is 12.0 Å². The molecular formula is C18H20N2O2. The topological polar surface area (TPSA) is 66.6 Å². The molecule has 1 saturated heterocycles. The van der Waals surface area contributed by atoms with Crippen LogP contribution in [0.2, 0.25) is 0 Å². The third-order valence-corrected chi connectivity index (χ3v) is 4.35. The lowest BCUT2D eigenvalue weighted by molar-refractivity contribution is 0.126. The molecule has 0 radical (unpaired) electrons. The van der Waals surface area contributed by atoms with Crippen LogP contribution >= 0.6 is 0 Å². The number of piperidine rings is 1. The quantitative estimate of drug-likeness (QED) is 0.894. The lowest BCUT2D eigenvalue weighted by atomic mass is 9.84. The first-order valence-electron chi connectivity index (χ1n) is 7.54. The van der Waals surface area contributed by atoms with E-state index in [9.17, 15) is 4.79 Å². The summed E-state index contributed by atoms with van der Waals surface area (Å²) in [4.78, 5) is 12.5. The van der Waals surface area contributed by atoms with Crippen molar-refractivity contribution < 1.29 is 9.90 Å². The molecule has 4 nitrogen and oxygen atoms in total. The van der Waals surface area contributed by atoms with E-state index in [4.69, 9.17) is 10.8 Å². The molecule has 1 heterocycles. The van der Waals surface area contributed by atoms with E-state index in [1.807, 2.05) is 24.3 Å². The van der Waals surface area contributed by atoms with Gasteiger partial charge in [0.1, 0.15) is 0 Å². The molecule has 3 N–H and O–H groups in total. The van der Waals surface area contributed by atoms with E-state index >= 15 is 0 Å². The number of hydrogen-bond acceptors (Lipinski definition) is 2. The first-order chi connectivity index (χ1) is 10.6. The van der Waals surface area contributed by atoms with Gasteiger partial charge >= 0.3 is 6.09 Å². The van der Waals surface area contributed by atoms with Crippen molar-refractivity contribution in [1.29, 1.82) is 0 Å². The fourth-order valence-electron chi connectivity index (χ4n) is 3.15. The Kier molecular flexibility index (Phi) is 4.11. The maximum Gasteiger partial charge on any atom is 0.407 e. The molecule has 0 aliphatic carbocycles.